The molecular formula is C21H22N2O2. The molecule has 0 spiro atoms. The summed E-state index contributed by atoms with van der Waals surface area (Å²) in [4.78, 5) is 4.54. The van der Waals surface area contributed by atoms with E-state index in [0.29, 0.717) is 25.5 Å². The summed E-state index contributed by atoms with van der Waals surface area (Å²) < 4.78 is 11.0. The van der Waals surface area contributed by atoms with Gasteiger partial charge >= 0.3 is 0 Å². The van der Waals surface area contributed by atoms with E-state index in [1.807, 2.05) is 42.5 Å². The first-order valence-corrected chi connectivity index (χ1v) is 8.67. The van der Waals surface area contributed by atoms with Gasteiger partial charge in [0.1, 0.15) is 11.8 Å². The van der Waals surface area contributed by atoms with Gasteiger partial charge in [-0.2, -0.15) is 5.26 Å². The molecular weight excluding hydrogens is 312 g/mol. The van der Waals surface area contributed by atoms with Crippen LogP contribution in [0.2, 0.25) is 0 Å². The predicted octanol–water partition coefficient (Wildman–Crippen LogP) is 3.55. The van der Waals surface area contributed by atoms with Crippen LogP contribution in [-0.2, 0) is 22.3 Å². The number of nitriles is 1. The number of benzene rings is 2. The van der Waals surface area contributed by atoms with Gasteiger partial charge in [-0.25, -0.2) is 0 Å². The fourth-order valence-electron chi connectivity index (χ4n) is 2.94. The number of aryl methyl sites for hydroxylation is 1. The summed E-state index contributed by atoms with van der Waals surface area (Å²) in [7, 11) is 0. The summed E-state index contributed by atoms with van der Waals surface area (Å²) in [6.07, 6.45) is 2.30. The number of ether oxygens (including phenoxy) is 2. The molecule has 4 nitrogen and oxygen atoms in total. The van der Waals surface area contributed by atoms with E-state index in [9.17, 15) is 5.26 Å². The van der Waals surface area contributed by atoms with Crippen molar-refractivity contribution in [3.63, 3.8) is 0 Å². The summed E-state index contributed by atoms with van der Waals surface area (Å²) in [5.41, 5.74) is 3.75. The van der Waals surface area contributed by atoms with Crippen LogP contribution in [0.5, 0.6) is 0 Å². The topological polar surface area (TPSA) is 54.6 Å². The van der Waals surface area contributed by atoms with Crippen molar-refractivity contribution in [2.75, 3.05) is 19.8 Å². The standard InChI is InChI=1S/C21H22N2O2/c22-16-20(23-13-12-17-6-2-1-3-7-17)19-9-5-4-8-18(19)10-11-21-24-14-15-25-21/h1-9,21H,10-15H2. The number of nitrogens with zero attached hydrogens (tertiary/aromatic N) is 2. The fourth-order valence-corrected chi connectivity index (χ4v) is 2.94. The van der Waals surface area contributed by atoms with E-state index < -0.39 is 0 Å². The van der Waals surface area contributed by atoms with E-state index >= 15 is 0 Å². The lowest BCUT2D eigenvalue weighted by Crippen LogP contribution is -2.11. The highest BCUT2D eigenvalue weighted by Gasteiger charge is 2.17. The Kier molecular flexibility index (Phi) is 6.33. The molecule has 0 unspecified atom stereocenters. The molecule has 2 aromatic carbocycles. The van der Waals surface area contributed by atoms with Crippen molar-refractivity contribution in [1.82, 2.24) is 0 Å². The van der Waals surface area contributed by atoms with Crippen LogP contribution in [0.1, 0.15) is 23.1 Å². The average molecular weight is 334 g/mol. The van der Waals surface area contributed by atoms with Crippen molar-refractivity contribution in [2.24, 2.45) is 4.99 Å². The Hall–Kier alpha value is -2.48. The lowest BCUT2D eigenvalue weighted by molar-refractivity contribution is -0.0462. The van der Waals surface area contributed by atoms with Crippen molar-refractivity contribution < 1.29 is 9.47 Å². The highest BCUT2D eigenvalue weighted by Crippen LogP contribution is 2.17. The lowest BCUT2D eigenvalue weighted by Gasteiger charge is -2.11. The van der Waals surface area contributed by atoms with Gasteiger partial charge in [-0.15, -0.1) is 0 Å². The van der Waals surface area contributed by atoms with Gasteiger partial charge in [-0.3, -0.25) is 4.99 Å². The summed E-state index contributed by atoms with van der Waals surface area (Å²) in [6.45, 7) is 1.93. The molecule has 0 aliphatic carbocycles. The highest BCUT2D eigenvalue weighted by atomic mass is 16.7. The molecule has 0 bridgehead atoms. The van der Waals surface area contributed by atoms with E-state index in [-0.39, 0.29) is 6.29 Å². The summed E-state index contributed by atoms with van der Waals surface area (Å²) in [5, 5.41) is 9.55. The number of rotatable bonds is 7. The van der Waals surface area contributed by atoms with Gasteiger partial charge in [-0.05, 0) is 24.0 Å². The summed E-state index contributed by atoms with van der Waals surface area (Å²) >= 11 is 0. The Morgan fingerprint density at radius 2 is 1.72 bits per heavy atom. The normalized spacial score (nSPS) is 15.2. The Morgan fingerprint density at radius 3 is 2.48 bits per heavy atom. The molecule has 0 aromatic heterocycles. The lowest BCUT2D eigenvalue weighted by atomic mass is 9.99. The Labute approximate surface area is 148 Å². The molecule has 2 aromatic rings. The van der Waals surface area contributed by atoms with Crippen molar-refractivity contribution in [1.29, 1.82) is 5.26 Å². The maximum absolute atomic E-state index is 9.55. The Morgan fingerprint density at radius 1 is 1.00 bits per heavy atom. The maximum atomic E-state index is 9.55. The van der Waals surface area contributed by atoms with Gasteiger partial charge in [0.05, 0.1) is 13.2 Å². The van der Waals surface area contributed by atoms with Crippen LogP contribution >= 0.6 is 0 Å². The molecule has 25 heavy (non-hydrogen) atoms. The second kappa shape index (κ2) is 9.12. The molecule has 1 fully saturated rings. The largest absolute Gasteiger partial charge is 0.350 e. The van der Waals surface area contributed by atoms with Crippen LogP contribution in [0, 0.1) is 11.3 Å². The number of hydrogen-bond donors (Lipinski definition) is 0. The molecule has 1 aliphatic rings. The molecule has 0 atom stereocenters. The third kappa shape index (κ3) is 4.99. The predicted molar refractivity (Wildman–Crippen MR) is 97.6 cm³/mol. The van der Waals surface area contributed by atoms with Crippen molar-refractivity contribution in [3.8, 4) is 6.07 Å². The SMILES string of the molecule is N#CC(=NCCc1ccccc1)c1ccccc1CCC1OCCO1. The monoisotopic (exact) mass is 334 g/mol. The molecule has 0 radical (unpaired) electrons. The Bertz CT molecular complexity index is 744. The van der Waals surface area contributed by atoms with Crippen LogP contribution in [0.4, 0.5) is 0 Å². The zero-order valence-electron chi connectivity index (χ0n) is 14.2. The molecule has 0 saturated carbocycles. The smallest absolute Gasteiger partial charge is 0.158 e. The first-order valence-electron chi connectivity index (χ1n) is 8.67. The molecule has 0 N–H and O–H groups in total. The van der Waals surface area contributed by atoms with Crippen molar-refractivity contribution >= 4 is 5.71 Å². The first kappa shape index (κ1) is 17.3. The van der Waals surface area contributed by atoms with Crippen LogP contribution in [0.25, 0.3) is 0 Å². The third-order valence-electron chi connectivity index (χ3n) is 4.23. The van der Waals surface area contributed by atoms with Gasteiger partial charge in [-0.1, -0.05) is 54.6 Å². The quantitative estimate of drug-likeness (QED) is 0.728. The van der Waals surface area contributed by atoms with E-state index in [1.54, 1.807) is 0 Å². The molecule has 1 aliphatic heterocycles. The molecule has 1 heterocycles. The van der Waals surface area contributed by atoms with Gasteiger partial charge in [0, 0.05) is 18.5 Å². The first-order chi connectivity index (χ1) is 12.4. The second-order valence-electron chi connectivity index (χ2n) is 5.94. The van der Waals surface area contributed by atoms with E-state index in [1.165, 1.54) is 5.56 Å². The van der Waals surface area contributed by atoms with Crippen LogP contribution in [0.15, 0.2) is 59.6 Å². The van der Waals surface area contributed by atoms with Gasteiger partial charge in [0.15, 0.2) is 6.29 Å². The summed E-state index contributed by atoms with van der Waals surface area (Å²) in [6, 6.07) is 20.4. The maximum Gasteiger partial charge on any atom is 0.158 e. The highest BCUT2D eigenvalue weighted by molar-refractivity contribution is 6.12. The number of hydrogen-bond acceptors (Lipinski definition) is 4. The van der Waals surface area contributed by atoms with Crippen LogP contribution in [0.3, 0.4) is 0 Å². The molecule has 3 rings (SSSR count). The van der Waals surface area contributed by atoms with E-state index in [4.69, 9.17) is 9.47 Å². The van der Waals surface area contributed by atoms with Gasteiger partial charge < -0.3 is 9.47 Å². The van der Waals surface area contributed by atoms with Gasteiger partial charge in [0.25, 0.3) is 0 Å². The van der Waals surface area contributed by atoms with Crippen molar-refractivity contribution in [2.45, 2.75) is 25.6 Å². The zero-order valence-corrected chi connectivity index (χ0v) is 14.2. The van der Waals surface area contributed by atoms with Crippen LogP contribution in [-0.4, -0.2) is 31.8 Å². The number of aliphatic imine (C=N–C) groups is 1. The third-order valence-corrected chi connectivity index (χ3v) is 4.23. The second-order valence-corrected chi connectivity index (χ2v) is 5.94. The average Bonchev–Trinajstić information content (AvgIpc) is 3.18. The van der Waals surface area contributed by atoms with Gasteiger partial charge in [0.2, 0.25) is 0 Å². The zero-order chi connectivity index (χ0) is 17.3. The minimum atomic E-state index is -0.131. The minimum Gasteiger partial charge on any atom is -0.350 e. The molecule has 0 amide bonds. The Balaban J connectivity index is 1.67. The van der Waals surface area contributed by atoms with E-state index in [2.05, 4.69) is 23.2 Å². The molecule has 128 valence electrons. The van der Waals surface area contributed by atoms with Crippen LogP contribution < -0.4 is 0 Å². The molecule has 1 saturated heterocycles. The minimum absolute atomic E-state index is 0.131. The van der Waals surface area contributed by atoms with Crippen molar-refractivity contribution in [3.05, 3.63) is 71.3 Å². The van der Waals surface area contributed by atoms with E-state index in [0.717, 1.165) is 30.4 Å². The summed E-state index contributed by atoms with van der Waals surface area (Å²) in [5.74, 6) is 0. The fraction of sp³-hybridized carbons (Fsp3) is 0.333. The molecule has 4 heteroatoms.